The van der Waals surface area contributed by atoms with Gasteiger partial charge >= 0.3 is 0 Å². The van der Waals surface area contributed by atoms with Gasteiger partial charge in [-0.05, 0) is 19.8 Å². The number of aromatic nitrogens is 4. The normalized spacial score (nSPS) is 16.1. The number of hydrogen-bond donors (Lipinski definition) is 1. The van der Waals surface area contributed by atoms with Gasteiger partial charge in [-0.2, -0.15) is 14.6 Å². The van der Waals surface area contributed by atoms with Gasteiger partial charge < -0.3 is 5.32 Å². The predicted molar refractivity (Wildman–Crippen MR) is 52.2 cm³/mol. The van der Waals surface area contributed by atoms with Crippen molar-refractivity contribution in [3.63, 3.8) is 0 Å². The van der Waals surface area contributed by atoms with Crippen molar-refractivity contribution in [1.29, 1.82) is 0 Å². The molecule has 5 heteroatoms. The van der Waals surface area contributed by atoms with Crippen LogP contribution in [0.15, 0.2) is 12.4 Å². The molecule has 1 saturated carbocycles. The molecule has 0 aliphatic heterocycles. The molecule has 2 aromatic heterocycles. The fraction of sp³-hybridized carbons (Fsp3) is 0.444. The van der Waals surface area contributed by atoms with E-state index >= 15 is 0 Å². The molecule has 5 nitrogen and oxygen atoms in total. The van der Waals surface area contributed by atoms with Crippen LogP contribution in [-0.4, -0.2) is 25.6 Å². The van der Waals surface area contributed by atoms with Gasteiger partial charge in [0.2, 0.25) is 0 Å². The second-order valence-electron chi connectivity index (χ2n) is 3.67. The van der Waals surface area contributed by atoms with Gasteiger partial charge in [0, 0.05) is 17.8 Å². The number of nitrogens with zero attached hydrogens (tertiary/aromatic N) is 4. The molecule has 0 radical (unpaired) electrons. The molecule has 72 valence electrons. The van der Waals surface area contributed by atoms with Crippen LogP contribution in [0, 0.1) is 6.92 Å². The van der Waals surface area contributed by atoms with Crippen molar-refractivity contribution < 1.29 is 0 Å². The lowest BCUT2D eigenvalue weighted by atomic mass is 10.4. The average molecular weight is 189 g/mol. The van der Waals surface area contributed by atoms with E-state index < -0.39 is 0 Å². The highest BCUT2D eigenvalue weighted by Crippen LogP contribution is 2.24. The largest absolute Gasteiger partial charge is 0.367 e. The SMILES string of the molecule is Cc1cc(NC2CC2)n2ncnc2n1. The minimum atomic E-state index is 0.615. The first-order valence-corrected chi connectivity index (χ1v) is 4.77. The number of fused-ring (bicyclic) bond motifs is 1. The van der Waals surface area contributed by atoms with Crippen LogP contribution >= 0.6 is 0 Å². The van der Waals surface area contributed by atoms with Gasteiger partial charge in [0.25, 0.3) is 5.78 Å². The van der Waals surface area contributed by atoms with Crippen LogP contribution in [0.4, 0.5) is 5.82 Å². The molecule has 2 aromatic rings. The minimum Gasteiger partial charge on any atom is -0.367 e. The fourth-order valence-electron chi connectivity index (χ4n) is 1.47. The Balaban J connectivity index is 2.13. The molecule has 0 amide bonds. The van der Waals surface area contributed by atoms with Gasteiger partial charge in [0.05, 0.1) is 0 Å². The number of anilines is 1. The third-order valence-corrected chi connectivity index (χ3v) is 2.31. The van der Waals surface area contributed by atoms with Gasteiger partial charge in [-0.25, -0.2) is 4.98 Å². The molecular weight excluding hydrogens is 178 g/mol. The van der Waals surface area contributed by atoms with E-state index in [2.05, 4.69) is 20.4 Å². The summed E-state index contributed by atoms with van der Waals surface area (Å²) in [7, 11) is 0. The Morgan fingerprint density at radius 1 is 1.50 bits per heavy atom. The molecule has 0 atom stereocenters. The summed E-state index contributed by atoms with van der Waals surface area (Å²) >= 11 is 0. The summed E-state index contributed by atoms with van der Waals surface area (Å²) in [5.41, 5.74) is 0.966. The van der Waals surface area contributed by atoms with E-state index in [1.807, 2.05) is 13.0 Å². The summed E-state index contributed by atoms with van der Waals surface area (Å²) in [5, 5.41) is 7.53. The molecule has 1 aliphatic carbocycles. The Hall–Kier alpha value is -1.65. The molecule has 1 fully saturated rings. The van der Waals surface area contributed by atoms with Crippen molar-refractivity contribution in [3.8, 4) is 0 Å². The third kappa shape index (κ3) is 1.21. The number of rotatable bonds is 2. The highest BCUT2D eigenvalue weighted by molar-refractivity contribution is 5.46. The maximum atomic E-state index is 4.27. The average Bonchev–Trinajstić information content (AvgIpc) is 2.81. The van der Waals surface area contributed by atoms with Crippen molar-refractivity contribution in [3.05, 3.63) is 18.1 Å². The summed E-state index contributed by atoms with van der Waals surface area (Å²) < 4.78 is 1.74. The lowest BCUT2D eigenvalue weighted by Crippen LogP contribution is -2.08. The summed E-state index contributed by atoms with van der Waals surface area (Å²) in [6, 6.07) is 2.62. The Labute approximate surface area is 81.2 Å². The smallest absolute Gasteiger partial charge is 0.254 e. The second kappa shape index (κ2) is 2.67. The van der Waals surface area contributed by atoms with Crippen LogP contribution in [0.3, 0.4) is 0 Å². The zero-order chi connectivity index (χ0) is 9.54. The van der Waals surface area contributed by atoms with Gasteiger partial charge in [-0.3, -0.25) is 0 Å². The Morgan fingerprint density at radius 3 is 3.14 bits per heavy atom. The number of aryl methyl sites for hydroxylation is 1. The van der Waals surface area contributed by atoms with E-state index in [9.17, 15) is 0 Å². The molecule has 0 unspecified atom stereocenters. The first-order chi connectivity index (χ1) is 6.83. The third-order valence-electron chi connectivity index (χ3n) is 2.31. The van der Waals surface area contributed by atoms with E-state index in [1.54, 1.807) is 4.52 Å². The lowest BCUT2D eigenvalue weighted by Gasteiger charge is -2.06. The Morgan fingerprint density at radius 2 is 2.36 bits per heavy atom. The van der Waals surface area contributed by atoms with E-state index in [1.165, 1.54) is 19.2 Å². The molecule has 1 N–H and O–H groups in total. The highest BCUT2D eigenvalue weighted by Gasteiger charge is 2.22. The van der Waals surface area contributed by atoms with Crippen LogP contribution in [0.5, 0.6) is 0 Å². The van der Waals surface area contributed by atoms with Crippen LogP contribution < -0.4 is 5.32 Å². The quantitative estimate of drug-likeness (QED) is 0.766. The van der Waals surface area contributed by atoms with Gasteiger partial charge in [0.1, 0.15) is 12.1 Å². The van der Waals surface area contributed by atoms with Crippen LogP contribution in [0.1, 0.15) is 18.5 Å². The van der Waals surface area contributed by atoms with Crippen molar-refractivity contribution in [1.82, 2.24) is 19.6 Å². The first-order valence-electron chi connectivity index (χ1n) is 4.77. The molecular formula is C9H11N5. The van der Waals surface area contributed by atoms with Gasteiger partial charge in [-0.1, -0.05) is 0 Å². The molecule has 14 heavy (non-hydrogen) atoms. The first kappa shape index (κ1) is 7.73. The molecule has 0 spiro atoms. The summed E-state index contributed by atoms with van der Waals surface area (Å²) in [6.45, 7) is 1.97. The minimum absolute atomic E-state index is 0.615. The zero-order valence-electron chi connectivity index (χ0n) is 7.94. The summed E-state index contributed by atoms with van der Waals surface area (Å²) in [6.07, 6.45) is 4.02. The van der Waals surface area contributed by atoms with E-state index in [-0.39, 0.29) is 0 Å². The number of nitrogens with one attached hydrogen (secondary N) is 1. The van der Waals surface area contributed by atoms with Crippen molar-refractivity contribution in [2.45, 2.75) is 25.8 Å². The molecule has 3 rings (SSSR count). The molecule has 1 aliphatic rings. The topological polar surface area (TPSA) is 55.1 Å². The van der Waals surface area contributed by atoms with Gasteiger partial charge in [-0.15, -0.1) is 0 Å². The van der Waals surface area contributed by atoms with Crippen molar-refractivity contribution in [2.24, 2.45) is 0 Å². The second-order valence-corrected chi connectivity index (χ2v) is 3.67. The Kier molecular flexibility index (Phi) is 1.47. The van der Waals surface area contributed by atoms with Crippen LogP contribution in [0.25, 0.3) is 5.78 Å². The maximum Gasteiger partial charge on any atom is 0.254 e. The molecule has 2 heterocycles. The molecule has 0 saturated heterocycles. The van der Waals surface area contributed by atoms with E-state index in [0.717, 1.165) is 11.5 Å². The molecule has 0 aromatic carbocycles. The highest BCUT2D eigenvalue weighted by atomic mass is 15.4. The van der Waals surface area contributed by atoms with Crippen LogP contribution in [0.2, 0.25) is 0 Å². The maximum absolute atomic E-state index is 4.27. The van der Waals surface area contributed by atoms with Crippen molar-refractivity contribution in [2.75, 3.05) is 5.32 Å². The Bertz CT molecular complexity index is 471. The van der Waals surface area contributed by atoms with Gasteiger partial charge in [0.15, 0.2) is 0 Å². The standard InChI is InChI=1S/C9H11N5/c1-6-4-8(13-7-2-3-7)14-9(12-6)10-5-11-14/h4-5,7,13H,2-3H2,1H3. The zero-order valence-corrected chi connectivity index (χ0v) is 7.94. The van der Waals surface area contributed by atoms with E-state index in [4.69, 9.17) is 0 Å². The summed E-state index contributed by atoms with van der Waals surface area (Å²) in [4.78, 5) is 8.34. The fourth-order valence-corrected chi connectivity index (χ4v) is 1.47. The summed E-state index contributed by atoms with van der Waals surface area (Å²) in [5.74, 6) is 1.65. The molecule has 0 bridgehead atoms. The van der Waals surface area contributed by atoms with Crippen LogP contribution in [-0.2, 0) is 0 Å². The van der Waals surface area contributed by atoms with E-state index in [0.29, 0.717) is 11.8 Å². The number of hydrogen-bond acceptors (Lipinski definition) is 4. The predicted octanol–water partition coefficient (Wildman–Crippen LogP) is 1.01. The van der Waals surface area contributed by atoms with Crippen molar-refractivity contribution >= 4 is 11.6 Å². The lowest BCUT2D eigenvalue weighted by molar-refractivity contribution is 0.915. The monoisotopic (exact) mass is 189 g/mol.